The van der Waals surface area contributed by atoms with Crippen molar-refractivity contribution in [2.45, 2.75) is 19.0 Å². The first-order chi connectivity index (χ1) is 13.9. The molecular weight excluding hydrogens is 410 g/mol. The Morgan fingerprint density at radius 2 is 1.69 bits per heavy atom. The van der Waals surface area contributed by atoms with Gasteiger partial charge in [-0.2, -0.15) is 0 Å². The highest BCUT2D eigenvalue weighted by molar-refractivity contribution is 7.99. The molecule has 2 heterocycles. The quantitative estimate of drug-likeness (QED) is 0.556. The van der Waals surface area contributed by atoms with E-state index >= 15 is 0 Å². The second-order valence-electron chi connectivity index (χ2n) is 6.84. The molecular formula is C20H24ClN5O2S. The fraction of sp³-hybridized carbons (Fsp3) is 0.400. The number of nitrogens with one attached hydrogen (secondary N) is 1. The molecule has 9 heteroatoms. The first kappa shape index (κ1) is 21.4. The molecule has 0 spiro atoms. The summed E-state index contributed by atoms with van der Waals surface area (Å²) >= 11 is 7.20. The van der Waals surface area contributed by atoms with E-state index in [0.29, 0.717) is 23.3 Å². The molecule has 0 bridgehead atoms. The van der Waals surface area contributed by atoms with E-state index < -0.39 is 0 Å². The highest BCUT2D eigenvalue weighted by atomic mass is 35.5. The number of halogens is 1. The number of anilines is 1. The molecule has 1 N–H and O–H groups in total. The number of benzene rings is 1. The van der Waals surface area contributed by atoms with Crippen LogP contribution in [0.5, 0.6) is 0 Å². The molecule has 2 amide bonds. The van der Waals surface area contributed by atoms with Crippen molar-refractivity contribution in [1.29, 1.82) is 0 Å². The number of piperazine rings is 1. The molecule has 0 unspecified atom stereocenters. The Morgan fingerprint density at radius 3 is 2.31 bits per heavy atom. The third-order valence-electron chi connectivity index (χ3n) is 4.56. The molecule has 0 saturated carbocycles. The van der Waals surface area contributed by atoms with Gasteiger partial charge in [0.15, 0.2) is 5.16 Å². The van der Waals surface area contributed by atoms with Crippen LogP contribution in [0.4, 0.5) is 5.69 Å². The Bertz CT molecular complexity index is 849. The number of aryl methyl sites for hydroxylation is 2. The largest absolute Gasteiger partial charge is 0.368 e. The smallest absolute Gasteiger partial charge is 0.242 e. The van der Waals surface area contributed by atoms with Crippen LogP contribution in [0.3, 0.4) is 0 Å². The molecule has 1 saturated heterocycles. The SMILES string of the molecule is Cc1cc(C)nc(SCC(=O)NCC(=O)N2CCN(c3ccc(Cl)cc3)CC2)n1. The van der Waals surface area contributed by atoms with Gasteiger partial charge in [0.25, 0.3) is 0 Å². The maximum atomic E-state index is 12.4. The van der Waals surface area contributed by atoms with Gasteiger partial charge in [-0.05, 0) is 44.2 Å². The van der Waals surface area contributed by atoms with Crippen LogP contribution in [0.2, 0.25) is 5.02 Å². The number of nitrogens with zero attached hydrogens (tertiary/aromatic N) is 4. The molecule has 154 valence electrons. The van der Waals surface area contributed by atoms with Gasteiger partial charge in [0.1, 0.15) is 0 Å². The molecule has 1 aromatic carbocycles. The van der Waals surface area contributed by atoms with Gasteiger partial charge in [0.05, 0.1) is 12.3 Å². The van der Waals surface area contributed by atoms with Crippen LogP contribution >= 0.6 is 23.4 Å². The van der Waals surface area contributed by atoms with Crippen molar-refractivity contribution < 1.29 is 9.59 Å². The molecule has 1 aliphatic rings. The van der Waals surface area contributed by atoms with Gasteiger partial charge in [-0.3, -0.25) is 9.59 Å². The lowest BCUT2D eigenvalue weighted by atomic mass is 10.2. The van der Waals surface area contributed by atoms with E-state index in [2.05, 4.69) is 20.2 Å². The van der Waals surface area contributed by atoms with E-state index in [0.717, 1.165) is 30.2 Å². The van der Waals surface area contributed by atoms with Gasteiger partial charge in [0.2, 0.25) is 11.8 Å². The van der Waals surface area contributed by atoms with Crippen molar-refractivity contribution in [3.63, 3.8) is 0 Å². The van der Waals surface area contributed by atoms with Crippen LogP contribution in [0.25, 0.3) is 0 Å². The van der Waals surface area contributed by atoms with Crippen LogP contribution in [0, 0.1) is 13.8 Å². The molecule has 1 aliphatic heterocycles. The van der Waals surface area contributed by atoms with Gasteiger partial charge in [-0.15, -0.1) is 0 Å². The maximum absolute atomic E-state index is 12.4. The minimum absolute atomic E-state index is 0.00798. The van der Waals surface area contributed by atoms with E-state index in [-0.39, 0.29) is 24.1 Å². The molecule has 1 aromatic heterocycles. The fourth-order valence-electron chi connectivity index (χ4n) is 3.09. The first-order valence-corrected chi connectivity index (χ1v) is 10.8. The van der Waals surface area contributed by atoms with Gasteiger partial charge in [-0.25, -0.2) is 9.97 Å². The van der Waals surface area contributed by atoms with E-state index in [4.69, 9.17) is 11.6 Å². The van der Waals surface area contributed by atoms with E-state index in [9.17, 15) is 9.59 Å². The van der Waals surface area contributed by atoms with Crippen molar-refractivity contribution in [1.82, 2.24) is 20.2 Å². The lowest BCUT2D eigenvalue weighted by Crippen LogP contribution is -2.51. The molecule has 0 atom stereocenters. The van der Waals surface area contributed by atoms with Crippen molar-refractivity contribution >= 4 is 40.9 Å². The summed E-state index contributed by atoms with van der Waals surface area (Å²) in [5.74, 6) is -0.0896. The highest BCUT2D eigenvalue weighted by Gasteiger charge is 2.21. The number of amides is 2. The minimum atomic E-state index is -0.203. The zero-order valence-electron chi connectivity index (χ0n) is 16.5. The number of carbonyl (C=O) groups excluding carboxylic acids is 2. The number of aromatic nitrogens is 2. The number of hydrogen-bond donors (Lipinski definition) is 1. The molecule has 0 aliphatic carbocycles. The lowest BCUT2D eigenvalue weighted by Gasteiger charge is -2.36. The Hall–Kier alpha value is -2.32. The van der Waals surface area contributed by atoms with Gasteiger partial charge in [-0.1, -0.05) is 23.4 Å². The van der Waals surface area contributed by atoms with E-state index in [1.54, 1.807) is 4.90 Å². The third-order valence-corrected chi connectivity index (χ3v) is 5.65. The molecule has 7 nitrogen and oxygen atoms in total. The average Bonchev–Trinajstić information content (AvgIpc) is 2.70. The predicted octanol–water partition coefficient (Wildman–Crippen LogP) is 2.30. The normalized spacial score (nSPS) is 14.0. The van der Waals surface area contributed by atoms with Crippen LogP contribution < -0.4 is 10.2 Å². The van der Waals surface area contributed by atoms with Crippen molar-refractivity contribution in [2.24, 2.45) is 0 Å². The number of hydrogen-bond acceptors (Lipinski definition) is 6. The summed E-state index contributed by atoms with van der Waals surface area (Å²) in [7, 11) is 0. The van der Waals surface area contributed by atoms with Crippen LogP contribution in [0.1, 0.15) is 11.4 Å². The summed E-state index contributed by atoms with van der Waals surface area (Å²) in [6.07, 6.45) is 0. The Labute approximate surface area is 179 Å². The minimum Gasteiger partial charge on any atom is -0.368 e. The Balaban J connectivity index is 1.39. The standard InChI is InChI=1S/C20H24ClN5O2S/c1-14-11-15(2)24-20(23-14)29-13-18(27)22-12-19(28)26-9-7-25(8-10-26)17-5-3-16(21)4-6-17/h3-6,11H,7-10,12-13H2,1-2H3,(H,22,27). The van der Waals surface area contributed by atoms with Gasteiger partial charge < -0.3 is 15.1 Å². The summed E-state index contributed by atoms with van der Waals surface area (Å²) in [5, 5.41) is 3.97. The predicted molar refractivity (Wildman–Crippen MR) is 115 cm³/mol. The second kappa shape index (κ2) is 9.93. The highest BCUT2D eigenvalue weighted by Crippen LogP contribution is 2.19. The van der Waals surface area contributed by atoms with Crippen molar-refractivity contribution in [3.05, 3.63) is 46.7 Å². The topological polar surface area (TPSA) is 78.4 Å². The second-order valence-corrected chi connectivity index (χ2v) is 8.22. The lowest BCUT2D eigenvalue weighted by molar-refractivity contribution is -0.132. The van der Waals surface area contributed by atoms with Crippen molar-refractivity contribution in [3.8, 4) is 0 Å². The fourth-order valence-corrected chi connectivity index (χ4v) is 4.00. The summed E-state index contributed by atoms with van der Waals surface area (Å²) in [5.41, 5.74) is 2.84. The number of thioether (sulfide) groups is 1. The number of carbonyl (C=O) groups is 2. The van der Waals surface area contributed by atoms with Crippen molar-refractivity contribution in [2.75, 3.05) is 43.4 Å². The molecule has 3 rings (SSSR count). The van der Waals surface area contributed by atoms with Crippen LogP contribution in [-0.2, 0) is 9.59 Å². The summed E-state index contributed by atoms with van der Waals surface area (Å²) in [6, 6.07) is 9.58. The van der Waals surface area contributed by atoms with E-state index in [1.807, 2.05) is 44.2 Å². The molecule has 1 fully saturated rings. The van der Waals surface area contributed by atoms with Crippen LogP contribution in [-0.4, -0.2) is 65.2 Å². The molecule has 0 radical (unpaired) electrons. The van der Waals surface area contributed by atoms with Gasteiger partial charge in [0, 0.05) is 48.3 Å². The van der Waals surface area contributed by atoms with Gasteiger partial charge >= 0.3 is 0 Å². The summed E-state index contributed by atoms with van der Waals surface area (Å²) in [6.45, 7) is 6.55. The third kappa shape index (κ3) is 6.33. The van der Waals surface area contributed by atoms with E-state index in [1.165, 1.54) is 11.8 Å². The average molecular weight is 434 g/mol. The maximum Gasteiger partial charge on any atom is 0.242 e. The summed E-state index contributed by atoms with van der Waals surface area (Å²) < 4.78 is 0. The Kier molecular flexibility index (Phi) is 7.33. The van der Waals surface area contributed by atoms with Crippen LogP contribution in [0.15, 0.2) is 35.5 Å². The first-order valence-electron chi connectivity index (χ1n) is 9.41. The summed E-state index contributed by atoms with van der Waals surface area (Å²) in [4.78, 5) is 37.1. The number of rotatable bonds is 6. The zero-order valence-corrected chi connectivity index (χ0v) is 18.1. The molecule has 2 aromatic rings. The molecule has 29 heavy (non-hydrogen) atoms. The monoisotopic (exact) mass is 433 g/mol. The Morgan fingerprint density at radius 1 is 1.07 bits per heavy atom. The zero-order chi connectivity index (χ0) is 20.8.